The number of anilines is 1. The molecule has 0 N–H and O–H groups in total. The molecule has 0 amide bonds. The van der Waals surface area contributed by atoms with Gasteiger partial charge in [0.1, 0.15) is 11.3 Å². The second-order valence-corrected chi connectivity index (χ2v) is 8.03. The van der Waals surface area contributed by atoms with E-state index in [4.69, 9.17) is 4.42 Å². The highest BCUT2D eigenvalue weighted by molar-refractivity contribution is 5.74. The van der Waals surface area contributed by atoms with E-state index in [1.807, 2.05) is 0 Å². The molecule has 2 aliphatic heterocycles. The van der Waals surface area contributed by atoms with Crippen molar-refractivity contribution in [2.75, 3.05) is 44.2 Å². The summed E-state index contributed by atoms with van der Waals surface area (Å²) in [5, 5.41) is 0. The fourth-order valence-electron chi connectivity index (χ4n) is 4.78. The number of aromatic nitrogens is 1. The molecular weight excluding hydrogens is 331 g/mol. The largest absolute Gasteiger partial charge is 0.423 e. The van der Waals surface area contributed by atoms with Crippen LogP contribution in [0.5, 0.6) is 0 Å². The molecule has 5 rings (SSSR count). The second kappa shape index (κ2) is 6.82. The van der Waals surface area contributed by atoms with Crippen molar-refractivity contribution in [1.82, 2.24) is 14.8 Å². The Morgan fingerprint density at radius 1 is 0.923 bits per heavy atom. The topological polar surface area (TPSA) is 35.8 Å². The maximum absolute atomic E-state index is 13.3. The van der Waals surface area contributed by atoms with Crippen molar-refractivity contribution in [3.05, 3.63) is 24.0 Å². The van der Waals surface area contributed by atoms with E-state index in [-0.39, 0.29) is 5.82 Å². The van der Waals surface area contributed by atoms with Crippen molar-refractivity contribution in [2.45, 2.75) is 44.2 Å². The predicted octanol–water partition coefficient (Wildman–Crippen LogP) is 3.11. The minimum absolute atomic E-state index is 0.280. The van der Waals surface area contributed by atoms with E-state index >= 15 is 0 Å². The van der Waals surface area contributed by atoms with E-state index in [0.717, 1.165) is 24.6 Å². The van der Waals surface area contributed by atoms with Crippen LogP contribution in [-0.4, -0.2) is 66.1 Å². The van der Waals surface area contributed by atoms with Gasteiger partial charge in [0.15, 0.2) is 5.58 Å². The molecule has 3 aliphatic rings. The van der Waals surface area contributed by atoms with Crippen molar-refractivity contribution >= 4 is 17.1 Å². The summed E-state index contributed by atoms with van der Waals surface area (Å²) in [6, 6.07) is 6.58. The Morgan fingerprint density at radius 2 is 1.62 bits per heavy atom. The first-order chi connectivity index (χ1) is 12.8. The SMILES string of the molecule is Fc1ccc2nc(N3CC(N4CCN(C5CCCCC5)CC4)C3)oc2c1. The van der Waals surface area contributed by atoms with E-state index in [1.165, 1.54) is 70.4 Å². The molecule has 0 spiro atoms. The van der Waals surface area contributed by atoms with Crippen molar-refractivity contribution in [2.24, 2.45) is 0 Å². The first-order valence-corrected chi connectivity index (χ1v) is 10.1. The summed E-state index contributed by atoms with van der Waals surface area (Å²) in [6.07, 6.45) is 7.05. The average molecular weight is 358 g/mol. The van der Waals surface area contributed by atoms with Gasteiger partial charge in [0, 0.05) is 57.4 Å². The van der Waals surface area contributed by atoms with Crippen LogP contribution in [0.4, 0.5) is 10.4 Å². The van der Waals surface area contributed by atoms with Crippen molar-refractivity contribution in [1.29, 1.82) is 0 Å². The zero-order valence-electron chi connectivity index (χ0n) is 15.2. The van der Waals surface area contributed by atoms with E-state index in [0.29, 0.717) is 17.6 Å². The van der Waals surface area contributed by atoms with Gasteiger partial charge in [-0.25, -0.2) is 4.39 Å². The standard InChI is InChI=1S/C20H27FN4O/c21-15-6-7-18-19(12-15)26-20(22-18)25-13-17(14-25)24-10-8-23(9-11-24)16-4-2-1-3-5-16/h6-7,12,16-17H,1-5,8-11,13-14H2. The molecule has 140 valence electrons. The number of halogens is 1. The van der Waals surface area contributed by atoms with Gasteiger partial charge in [-0.2, -0.15) is 4.98 Å². The first-order valence-electron chi connectivity index (χ1n) is 10.1. The smallest absolute Gasteiger partial charge is 0.298 e. The van der Waals surface area contributed by atoms with Crippen LogP contribution in [-0.2, 0) is 0 Å². The Bertz CT molecular complexity index is 758. The molecule has 0 atom stereocenters. The van der Waals surface area contributed by atoms with Crippen molar-refractivity contribution < 1.29 is 8.81 Å². The molecule has 2 aromatic rings. The van der Waals surface area contributed by atoms with E-state index in [9.17, 15) is 4.39 Å². The van der Waals surface area contributed by atoms with Gasteiger partial charge >= 0.3 is 0 Å². The summed E-state index contributed by atoms with van der Waals surface area (Å²) >= 11 is 0. The number of oxazole rings is 1. The lowest BCUT2D eigenvalue weighted by Crippen LogP contribution is -2.64. The maximum atomic E-state index is 13.3. The van der Waals surface area contributed by atoms with Gasteiger partial charge < -0.3 is 9.32 Å². The third kappa shape index (κ3) is 3.09. The molecule has 0 unspecified atom stereocenters. The lowest BCUT2D eigenvalue weighted by atomic mass is 9.93. The third-order valence-corrected chi connectivity index (χ3v) is 6.43. The second-order valence-electron chi connectivity index (χ2n) is 8.03. The summed E-state index contributed by atoms with van der Waals surface area (Å²) in [4.78, 5) is 12.0. The molecule has 26 heavy (non-hydrogen) atoms. The van der Waals surface area contributed by atoms with Gasteiger partial charge in [-0.05, 0) is 25.0 Å². The zero-order chi connectivity index (χ0) is 17.5. The number of rotatable bonds is 3. The van der Waals surface area contributed by atoms with Crippen molar-refractivity contribution in [3.8, 4) is 0 Å². The molecule has 0 bridgehead atoms. The van der Waals surface area contributed by atoms with Gasteiger partial charge in [0.25, 0.3) is 6.01 Å². The predicted molar refractivity (Wildman–Crippen MR) is 100.0 cm³/mol. The highest BCUT2D eigenvalue weighted by atomic mass is 19.1. The number of benzene rings is 1. The van der Waals surface area contributed by atoms with Gasteiger partial charge in [-0.3, -0.25) is 9.80 Å². The molecule has 5 nitrogen and oxygen atoms in total. The molecule has 1 aromatic heterocycles. The number of hydrogen-bond donors (Lipinski definition) is 0. The summed E-state index contributed by atoms with van der Waals surface area (Å²) in [5.41, 5.74) is 1.26. The Kier molecular flexibility index (Phi) is 4.33. The lowest BCUT2D eigenvalue weighted by Gasteiger charge is -2.49. The van der Waals surface area contributed by atoms with Crippen LogP contribution >= 0.6 is 0 Å². The number of fused-ring (bicyclic) bond motifs is 1. The van der Waals surface area contributed by atoms with E-state index < -0.39 is 0 Å². The molecule has 6 heteroatoms. The quantitative estimate of drug-likeness (QED) is 0.843. The first kappa shape index (κ1) is 16.5. The average Bonchev–Trinajstić information content (AvgIpc) is 3.04. The molecule has 1 aromatic carbocycles. The maximum Gasteiger partial charge on any atom is 0.298 e. The normalized spacial score (nSPS) is 24.3. The number of hydrogen-bond acceptors (Lipinski definition) is 5. The number of nitrogens with zero attached hydrogens (tertiary/aromatic N) is 4. The highest BCUT2D eigenvalue weighted by Gasteiger charge is 2.36. The lowest BCUT2D eigenvalue weighted by molar-refractivity contribution is 0.0479. The van der Waals surface area contributed by atoms with Gasteiger partial charge in [0.2, 0.25) is 0 Å². The van der Waals surface area contributed by atoms with Crippen LogP contribution in [0, 0.1) is 5.82 Å². The van der Waals surface area contributed by atoms with Gasteiger partial charge in [0.05, 0.1) is 0 Å². The van der Waals surface area contributed by atoms with Crippen molar-refractivity contribution in [3.63, 3.8) is 0 Å². The molecular formula is C20H27FN4O. The molecule has 1 saturated carbocycles. The van der Waals surface area contributed by atoms with Crippen LogP contribution in [0.1, 0.15) is 32.1 Å². The molecule has 1 aliphatic carbocycles. The minimum atomic E-state index is -0.280. The monoisotopic (exact) mass is 358 g/mol. The van der Waals surface area contributed by atoms with Gasteiger partial charge in [-0.1, -0.05) is 19.3 Å². The van der Waals surface area contributed by atoms with Gasteiger partial charge in [-0.15, -0.1) is 0 Å². The summed E-state index contributed by atoms with van der Waals surface area (Å²) in [6.45, 7) is 6.69. The number of piperazine rings is 1. The van der Waals surface area contributed by atoms with Crippen LogP contribution < -0.4 is 4.90 Å². The van der Waals surface area contributed by atoms with Crippen LogP contribution in [0.15, 0.2) is 22.6 Å². The third-order valence-electron chi connectivity index (χ3n) is 6.43. The summed E-state index contributed by atoms with van der Waals surface area (Å²) in [5.74, 6) is -0.280. The van der Waals surface area contributed by atoms with Crippen LogP contribution in [0.25, 0.3) is 11.1 Å². The molecule has 3 fully saturated rings. The summed E-state index contributed by atoms with van der Waals surface area (Å²) < 4.78 is 19.0. The molecule has 0 radical (unpaired) electrons. The minimum Gasteiger partial charge on any atom is -0.423 e. The van der Waals surface area contributed by atoms with E-state index in [2.05, 4.69) is 19.7 Å². The fourth-order valence-corrected chi connectivity index (χ4v) is 4.78. The molecule has 3 heterocycles. The zero-order valence-corrected chi connectivity index (χ0v) is 15.2. The van der Waals surface area contributed by atoms with E-state index in [1.54, 1.807) is 6.07 Å². The Balaban J connectivity index is 1.14. The fraction of sp³-hybridized carbons (Fsp3) is 0.650. The molecule has 2 saturated heterocycles. The van der Waals surface area contributed by atoms with Crippen LogP contribution in [0.2, 0.25) is 0 Å². The Hall–Kier alpha value is -1.66. The Morgan fingerprint density at radius 3 is 2.35 bits per heavy atom. The Labute approximate surface area is 153 Å². The summed E-state index contributed by atoms with van der Waals surface area (Å²) in [7, 11) is 0. The highest BCUT2D eigenvalue weighted by Crippen LogP contribution is 2.29. The van der Waals surface area contributed by atoms with Crippen LogP contribution in [0.3, 0.4) is 0 Å².